The summed E-state index contributed by atoms with van der Waals surface area (Å²) in [6.45, 7) is 17.4. The minimum atomic E-state index is 0.784. The molecule has 0 saturated carbocycles. The Hall–Kier alpha value is -7.36. The summed E-state index contributed by atoms with van der Waals surface area (Å²) in [6, 6.07) is 43.8. The Kier molecular flexibility index (Phi) is 10.6. The lowest BCUT2D eigenvalue weighted by atomic mass is 10.1. The van der Waals surface area contributed by atoms with Crippen LogP contribution in [0.1, 0.15) is 35.2 Å². The van der Waals surface area contributed by atoms with Crippen molar-refractivity contribution in [1.82, 2.24) is 4.57 Å². The van der Waals surface area contributed by atoms with Gasteiger partial charge < -0.3 is 13.9 Å². The first-order valence-corrected chi connectivity index (χ1v) is 19.3. The molecule has 0 aliphatic heterocycles. The summed E-state index contributed by atoms with van der Waals surface area (Å²) < 4.78 is 8.29. The number of hydrogen-bond acceptors (Lipinski definition) is 2. The van der Waals surface area contributed by atoms with Gasteiger partial charge in [-0.05, 0) is 95.3 Å². The van der Waals surface area contributed by atoms with Crippen molar-refractivity contribution in [3.05, 3.63) is 229 Å². The second-order valence-corrected chi connectivity index (χ2v) is 13.9. The molecule has 0 N–H and O–H groups in total. The van der Waals surface area contributed by atoms with Gasteiger partial charge >= 0.3 is 0 Å². The Morgan fingerprint density at radius 1 is 0.684 bits per heavy atom. The maximum Gasteiger partial charge on any atom is 0.135 e. The average molecular weight is 737 g/mol. The molecule has 57 heavy (non-hydrogen) atoms. The molecule has 7 aromatic rings. The van der Waals surface area contributed by atoms with Crippen LogP contribution in [-0.4, -0.2) is 4.57 Å². The first-order valence-electron chi connectivity index (χ1n) is 19.3. The van der Waals surface area contributed by atoms with Crippen molar-refractivity contribution in [3.8, 4) is 11.1 Å². The Balaban J connectivity index is 1.11. The molecule has 0 saturated heterocycles. The summed E-state index contributed by atoms with van der Waals surface area (Å²) in [4.78, 5) is 2.09. The van der Waals surface area contributed by atoms with E-state index in [0.29, 0.717) is 0 Å². The lowest BCUT2D eigenvalue weighted by molar-refractivity contribution is 0.669. The predicted molar refractivity (Wildman–Crippen MR) is 246 cm³/mol. The van der Waals surface area contributed by atoms with E-state index in [2.05, 4.69) is 157 Å². The quantitative estimate of drug-likeness (QED) is 0.110. The SMILES string of the molecule is C=C/C(=C\C=C\N(C(=C)/C=C\C(=C)n1c(C=C)c(/C=C/c2ccc3oc4ccccc4c3c2)c2c1=CCCC=2)c1ccc(-c2ccccc2)cc1)c1ccccc1. The number of anilines is 1. The highest BCUT2D eigenvalue weighted by atomic mass is 16.3. The van der Waals surface area contributed by atoms with E-state index in [9.17, 15) is 0 Å². The standard InChI is InChI=1S/C54H44N2O/c1-5-42(43-18-9-7-10-19-43)22-17-37-55(46-33-31-45(32-34-46)44-20-11-8-12-21-44)39(3)27-28-40(4)56-51(6-2)48(47-23-13-15-25-52(47)56)35-29-41-30-36-54-50(38-41)49-24-14-16-26-53(49)57-54/h5-12,14,16-38H,1-4,13,15H2/b28-27-,35-29+,37-17+,42-22+. The molecule has 8 rings (SSSR count). The van der Waals surface area contributed by atoms with Crippen LogP contribution in [0.4, 0.5) is 5.69 Å². The molecule has 0 radical (unpaired) electrons. The predicted octanol–water partition coefficient (Wildman–Crippen LogP) is 13.1. The Labute approximate surface area is 334 Å². The van der Waals surface area contributed by atoms with Gasteiger partial charge in [-0.25, -0.2) is 0 Å². The number of hydrogen-bond donors (Lipinski definition) is 0. The normalized spacial score (nSPS) is 12.9. The first-order chi connectivity index (χ1) is 28.0. The highest BCUT2D eigenvalue weighted by Crippen LogP contribution is 2.30. The highest BCUT2D eigenvalue weighted by molar-refractivity contribution is 6.05. The number of para-hydroxylation sites is 1. The van der Waals surface area contributed by atoms with E-state index in [1.165, 1.54) is 10.8 Å². The fourth-order valence-corrected chi connectivity index (χ4v) is 7.51. The van der Waals surface area contributed by atoms with Gasteiger partial charge in [-0.1, -0.05) is 160 Å². The molecule has 0 unspecified atom stereocenters. The number of benzene rings is 5. The molecule has 0 bridgehead atoms. The minimum absolute atomic E-state index is 0.784. The zero-order valence-electron chi connectivity index (χ0n) is 32.0. The van der Waals surface area contributed by atoms with Crippen molar-refractivity contribution in [1.29, 1.82) is 0 Å². The molecule has 0 fully saturated rings. The maximum absolute atomic E-state index is 6.08. The largest absolute Gasteiger partial charge is 0.456 e. The van der Waals surface area contributed by atoms with Crippen LogP contribution in [0.15, 0.2) is 200 Å². The fraction of sp³-hybridized carbons (Fsp3) is 0.0370. The van der Waals surface area contributed by atoms with Crippen molar-refractivity contribution in [2.75, 3.05) is 4.90 Å². The molecular formula is C54H44N2O. The molecule has 276 valence electrons. The van der Waals surface area contributed by atoms with E-state index in [1.807, 2.05) is 73.0 Å². The molecule has 0 amide bonds. The second kappa shape index (κ2) is 16.6. The van der Waals surface area contributed by atoms with E-state index in [0.717, 1.165) is 90.7 Å². The monoisotopic (exact) mass is 736 g/mol. The van der Waals surface area contributed by atoms with Crippen LogP contribution in [0.5, 0.6) is 0 Å². The van der Waals surface area contributed by atoms with Crippen molar-refractivity contribution < 1.29 is 4.42 Å². The van der Waals surface area contributed by atoms with Gasteiger partial charge in [0.2, 0.25) is 0 Å². The zero-order chi connectivity index (χ0) is 39.1. The van der Waals surface area contributed by atoms with Crippen LogP contribution >= 0.6 is 0 Å². The molecule has 2 aromatic heterocycles. The molecule has 1 aliphatic carbocycles. The van der Waals surface area contributed by atoms with Crippen LogP contribution in [0.3, 0.4) is 0 Å². The van der Waals surface area contributed by atoms with Gasteiger partial charge in [0.25, 0.3) is 0 Å². The topological polar surface area (TPSA) is 21.3 Å². The highest BCUT2D eigenvalue weighted by Gasteiger charge is 2.15. The van der Waals surface area contributed by atoms with Crippen LogP contribution < -0.4 is 15.5 Å². The molecule has 0 atom stereocenters. The van der Waals surface area contributed by atoms with E-state index in [4.69, 9.17) is 4.42 Å². The molecule has 2 heterocycles. The van der Waals surface area contributed by atoms with Crippen LogP contribution in [0.25, 0.3) is 74.7 Å². The van der Waals surface area contributed by atoms with Gasteiger partial charge in [0, 0.05) is 50.2 Å². The molecule has 3 nitrogen and oxygen atoms in total. The molecule has 5 aromatic carbocycles. The third-order valence-electron chi connectivity index (χ3n) is 10.4. The summed E-state index contributed by atoms with van der Waals surface area (Å²) >= 11 is 0. The third-order valence-corrected chi connectivity index (χ3v) is 10.4. The van der Waals surface area contributed by atoms with Gasteiger partial charge in [-0.15, -0.1) is 0 Å². The van der Waals surface area contributed by atoms with Crippen molar-refractivity contribution in [3.63, 3.8) is 0 Å². The molecule has 1 aliphatic rings. The smallest absolute Gasteiger partial charge is 0.135 e. The Morgan fingerprint density at radius 3 is 2.16 bits per heavy atom. The summed E-state index contributed by atoms with van der Waals surface area (Å²) in [5.74, 6) is 0. The number of aromatic nitrogens is 1. The van der Waals surface area contributed by atoms with Crippen molar-refractivity contribution in [2.45, 2.75) is 12.8 Å². The number of furan rings is 1. The zero-order valence-corrected chi connectivity index (χ0v) is 32.0. The van der Waals surface area contributed by atoms with E-state index in [1.54, 1.807) is 0 Å². The molecular weight excluding hydrogens is 693 g/mol. The Morgan fingerprint density at radius 2 is 1.39 bits per heavy atom. The average Bonchev–Trinajstić information content (AvgIpc) is 3.80. The summed E-state index contributed by atoms with van der Waals surface area (Å²) in [7, 11) is 0. The lowest BCUT2D eigenvalue weighted by Gasteiger charge is -2.21. The second-order valence-electron chi connectivity index (χ2n) is 13.9. The van der Waals surface area contributed by atoms with Crippen molar-refractivity contribution >= 4 is 69.3 Å². The minimum Gasteiger partial charge on any atom is -0.456 e. The van der Waals surface area contributed by atoms with Gasteiger partial charge in [-0.2, -0.15) is 0 Å². The van der Waals surface area contributed by atoms with E-state index >= 15 is 0 Å². The van der Waals surface area contributed by atoms with Crippen LogP contribution in [-0.2, 0) is 0 Å². The maximum atomic E-state index is 6.08. The number of fused-ring (bicyclic) bond motifs is 4. The van der Waals surface area contributed by atoms with E-state index < -0.39 is 0 Å². The van der Waals surface area contributed by atoms with Gasteiger partial charge in [0.05, 0.1) is 5.69 Å². The lowest BCUT2D eigenvalue weighted by Crippen LogP contribution is -2.31. The number of allylic oxidation sites excluding steroid dienone is 7. The van der Waals surface area contributed by atoms with Gasteiger partial charge in [0.1, 0.15) is 11.2 Å². The summed E-state index contributed by atoms with van der Waals surface area (Å²) in [6.07, 6.45) is 25.0. The van der Waals surface area contributed by atoms with Gasteiger partial charge in [0.15, 0.2) is 0 Å². The van der Waals surface area contributed by atoms with Crippen LogP contribution in [0.2, 0.25) is 0 Å². The number of nitrogens with zero attached hydrogens (tertiary/aromatic N) is 2. The Bertz CT molecular complexity index is 2890. The van der Waals surface area contributed by atoms with Crippen molar-refractivity contribution in [2.24, 2.45) is 0 Å². The molecule has 0 spiro atoms. The summed E-state index contributed by atoms with van der Waals surface area (Å²) in [5, 5.41) is 4.55. The third kappa shape index (κ3) is 7.65. The summed E-state index contributed by atoms with van der Waals surface area (Å²) in [5.41, 5.74) is 12.1. The fourth-order valence-electron chi connectivity index (χ4n) is 7.51. The van der Waals surface area contributed by atoms with Gasteiger partial charge in [-0.3, -0.25) is 0 Å². The van der Waals surface area contributed by atoms with E-state index in [-0.39, 0.29) is 0 Å². The van der Waals surface area contributed by atoms with Crippen LogP contribution in [0, 0.1) is 0 Å². The molecule has 3 heteroatoms. The number of rotatable bonds is 13. The first kappa shape index (κ1) is 36.6.